The molecule has 0 bridgehead atoms. The smallest absolute Gasteiger partial charge is 0.264 e. The van der Waals surface area contributed by atoms with Gasteiger partial charge in [-0.3, -0.25) is 13.9 Å². The van der Waals surface area contributed by atoms with E-state index < -0.39 is 28.5 Å². The van der Waals surface area contributed by atoms with Crippen molar-refractivity contribution in [3.8, 4) is 11.5 Å². The molecule has 0 saturated carbocycles. The number of nitrogens with one attached hydrogen (secondary N) is 1. The zero-order valence-corrected chi connectivity index (χ0v) is 24.5. The highest BCUT2D eigenvalue weighted by Crippen LogP contribution is 2.35. The first-order chi connectivity index (χ1) is 19.7. The third-order valence-electron chi connectivity index (χ3n) is 7.08. The van der Waals surface area contributed by atoms with Gasteiger partial charge in [0.15, 0.2) is 11.5 Å². The SMILES string of the molecule is CC[C@H](C)NC(=O)[C@H](C)N(CCc1ccccc1)C(=O)CN(c1ccc2c(c1)OCCO2)S(=O)(=O)c1ccccc1. The van der Waals surface area contributed by atoms with E-state index in [4.69, 9.17) is 9.47 Å². The zero-order valence-electron chi connectivity index (χ0n) is 23.7. The van der Waals surface area contributed by atoms with Gasteiger partial charge in [-0.05, 0) is 56.5 Å². The summed E-state index contributed by atoms with van der Waals surface area (Å²) in [4.78, 5) is 28.6. The fourth-order valence-corrected chi connectivity index (χ4v) is 5.90. The molecule has 4 rings (SSSR count). The number of anilines is 1. The molecule has 0 unspecified atom stereocenters. The molecular weight excluding hydrogens is 542 g/mol. The van der Waals surface area contributed by atoms with Gasteiger partial charge in [0.05, 0.1) is 10.6 Å². The highest BCUT2D eigenvalue weighted by Gasteiger charge is 2.33. The second-order valence-corrected chi connectivity index (χ2v) is 11.8. The number of nitrogens with zero attached hydrogens (tertiary/aromatic N) is 2. The van der Waals surface area contributed by atoms with Gasteiger partial charge in [-0.25, -0.2) is 8.42 Å². The summed E-state index contributed by atoms with van der Waals surface area (Å²) < 4.78 is 40.2. The number of carbonyl (C=O) groups excluding carboxylic acids is 2. The van der Waals surface area contributed by atoms with E-state index in [1.807, 2.05) is 44.2 Å². The minimum Gasteiger partial charge on any atom is -0.486 e. The summed E-state index contributed by atoms with van der Waals surface area (Å²) in [5.74, 6) is 0.111. The summed E-state index contributed by atoms with van der Waals surface area (Å²) in [6.07, 6.45) is 1.24. The Kier molecular flexibility index (Phi) is 9.88. The number of benzene rings is 3. The normalized spacial score (nSPS) is 14.0. The Morgan fingerprint density at radius 3 is 2.20 bits per heavy atom. The highest BCUT2D eigenvalue weighted by molar-refractivity contribution is 7.92. The van der Waals surface area contributed by atoms with Gasteiger partial charge in [-0.1, -0.05) is 55.5 Å². The lowest BCUT2D eigenvalue weighted by molar-refractivity contribution is -0.139. The summed E-state index contributed by atoms with van der Waals surface area (Å²) >= 11 is 0. The minimum absolute atomic E-state index is 0.0427. The average Bonchev–Trinajstić information content (AvgIpc) is 3.00. The molecule has 0 aromatic heterocycles. The van der Waals surface area contributed by atoms with E-state index in [-0.39, 0.29) is 29.1 Å². The van der Waals surface area contributed by atoms with Crippen molar-refractivity contribution in [1.29, 1.82) is 0 Å². The molecule has 3 aromatic carbocycles. The predicted octanol–water partition coefficient (Wildman–Crippen LogP) is 4.03. The van der Waals surface area contributed by atoms with Crippen LogP contribution in [0.3, 0.4) is 0 Å². The number of amides is 2. The first-order valence-corrected chi connectivity index (χ1v) is 15.3. The summed E-state index contributed by atoms with van der Waals surface area (Å²) in [6.45, 7) is 5.98. The Morgan fingerprint density at radius 2 is 1.54 bits per heavy atom. The van der Waals surface area contributed by atoms with Crippen LogP contribution in [0.4, 0.5) is 5.69 Å². The average molecular weight is 580 g/mol. The van der Waals surface area contributed by atoms with Crippen LogP contribution in [0.25, 0.3) is 0 Å². The molecule has 2 atom stereocenters. The lowest BCUT2D eigenvalue weighted by Crippen LogP contribution is -2.53. The molecule has 41 heavy (non-hydrogen) atoms. The Balaban J connectivity index is 1.68. The van der Waals surface area contributed by atoms with Crippen LogP contribution in [0.2, 0.25) is 0 Å². The molecule has 0 saturated heterocycles. The van der Waals surface area contributed by atoms with Crippen molar-refractivity contribution in [2.75, 3.05) is 30.6 Å². The van der Waals surface area contributed by atoms with Crippen LogP contribution in [-0.2, 0) is 26.0 Å². The monoisotopic (exact) mass is 579 g/mol. The molecule has 0 aliphatic carbocycles. The molecule has 1 aliphatic heterocycles. The molecule has 0 radical (unpaired) electrons. The standard InChI is InChI=1S/C31H37N3O6S/c1-4-23(2)32-31(36)24(3)33(18-17-25-11-7-5-8-12-25)30(35)22-34(41(37,38)27-13-9-6-10-14-27)26-15-16-28-29(21-26)40-20-19-39-28/h5-16,21,23-24H,4,17-20,22H2,1-3H3,(H,32,36)/t23-,24-/m0/s1. The topological polar surface area (TPSA) is 105 Å². The van der Waals surface area contributed by atoms with Crippen LogP contribution in [0, 0.1) is 0 Å². The maximum atomic E-state index is 14.0. The summed E-state index contributed by atoms with van der Waals surface area (Å²) in [5, 5.41) is 2.94. The fraction of sp³-hybridized carbons (Fsp3) is 0.355. The van der Waals surface area contributed by atoms with Crippen molar-refractivity contribution in [3.05, 3.63) is 84.4 Å². The van der Waals surface area contributed by atoms with Gasteiger partial charge in [0, 0.05) is 18.7 Å². The first-order valence-electron chi connectivity index (χ1n) is 13.8. The zero-order chi connectivity index (χ0) is 29.4. The van der Waals surface area contributed by atoms with Gasteiger partial charge < -0.3 is 19.7 Å². The number of sulfonamides is 1. The molecule has 1 heterocycles. The maximum Gasteiger partial charge on any atom is 0.264 e. The third-order valence-corrected chi connectivity index (χ3v) is 8.86. The number of rotatable bonds is 12. The number of ether oxygens (including phenoxy) is 2. The largest absolute Gasteiger partial charge is 0.486 e. The van der Waals surface area contributed by atoms with E-state index in [2.05, 4.69) is 5.32 Å². The molecule has 218 valence electrons. The lowest BCUT2D eigenvalue weighted by Gasteiger charge is -2.32. The Morgan fingerprint density at radius 1 is 0.902 bits per heavy atom. The predicted molar refractivity (Wildman–Crippen MR) is 158 cm³/mol. The molecule has 1 N–H and O–H groups in total. The molecule has 10 heteroatoms. The first kappa shape index (κ1) is 29.9. The number of fused-ring (bicyclic) bond motifs is 1. The second kappa shape index (κ2) is 13.5. The van der Waals surface area contributed by atoms with Crippen molar-refractivity contribution >= 4 is 27.5 Å². The number of carbonyl (C=O) groups is 2. The molecular formula is C31H37N3O6S. The van der Waals surface area contributed by atoms with Gasteiger partial charge in [0.1, 0.15) is 25.8 Å². The maximum absolute atomic E-state index is 14.0. The van der Waals surface area contributed by atoms with Crippen LogP contribution >= 0.6 is 0 Å². The van der Waals surface area contributed by atoms with Gasteiger partial charge in [0.2, 0.25) is 11.8 Å². The van der Waals surface area contributed by atoms with E-state index in [1.165, 1.54) is 17.0 Å². The van der Waals surface area contributed by atoms with Crippen molar-refractivity contribution in [1.82, 2.24) is 10.2 Å². The summed E-state index contributed by atoms with van der Waals surface area (Å²) in [5.41, 5.74) is 1.26. The quantitative estimate of drug-likeness (QED) is 0.348. The molecule has 0 fully saturated rings. The van der Waals surface area contributed by atoms with Crippen LogP contribution in [0.15, 0.2) is 83.8 Å². The van der Waals surface area contributed by atoms with Crippen LogP contribution in [0.1, 0.15) is 32.8 Å². The van der Waals surface area contributed by atoms with Gasteiger partial charge in [0.25, 0.3) is 10.0 Å². The van der Waals surface area contributed by atoms with Crippen molar-refractivity contribution in [2.24, 2.45) is 0 Å². The third kappa shape index (κ3) is 7.38. The van der Waals surface area contributed by atoms with Gasteiger partial charge in [-0.15, -0.1) is 0 Å². The van der Waals surface area contributed by atoms with E-state index in [0.717, 1.165) is 16.3 Å². The Labute approximate surface area is 242 Å². The van der Waals surface area contributed by atoms with Crippen molar-refractivity contribution in [2.45, 2.75) is 50.6 Å². The molecule has 1 aliphatic rings. The van der Waals surface area contributed by atoms with E-state index in [0.29, 0.717) is 31.1 Å². The lowest BCUT2D eigenvalue weighted by atomic mass is 10.1. The van der Waals surface area contributed by atoms with Gasteiger partial charge >= 0.3 is 0 Å². The fourth-order valence-electron chi connectivity index (χ4n) is 4.47. The minimum atomic E-state index is -4.16. The highest BCUT2D eigenvalue weighted by atomic mass is 32.2. The molecule has 9 nitrogen and oxygen atoms in total. The van der Waals surface area contributed by atoms with Crippen molar-refractivity contribution < 1.29 is 27.5 Å². The Bertz CT molecular complexity index is 1430. The Hall–Kier alpha value is -4.05. The molecule has 3 aromatic rings. The van der Waals surface area contributed by atoms with Crippen LogP contribution < -0.4 is 19.1 Å². The molecule has 0 spiro atoms. The number of hydrogen-bond acceptors (Lipinski definition) is 6. The van der Waals surface area contributed by atoms with E-state index in [1.54, 1.807) is 43.3 Å². The van der Waals surface area contributed by atoms with Crippen molar-refractivity contribution in [3.63, 3.8) is 0 Å². The molecule has 2 amide bonds. The van der Waals surface area contributed by atoms with Crippen LogP contribution in [-0.4, -0.2) is 63.5 Å². The summed E-state index contributed by atoms with van der Waals surface area (Å²) in [6, 6.07) is 21.5. The van der Waals surface area contributed by atoms with Crippen LogP contribution in [0.5, 0.6) is 11.5 Å². The van der Waals surface area contributed by atoms with E-state index in [9.17, 15) is 18.0 Å². The number of hydrogen-bond donors (Lipinski definition) is 1. The second-order valence-electron chi connectivity index (χ2n) is 9.97. The van der Waals surface area contributed by atoms with E-state index >= 15 is 0 Å². The summed E-state index contributed by atoms with van der Waals surface area (Å²) in [7, 11) is -4.16. The van der Waals surface area contributed by atoms with Gasteiger partial charge in [-0.2, -0.15) is 0 Å².